The van der Waals surface area contributed by atoms with Gasteiger partial charge in [0.25, 0.3) is 6.43 Å². The normalized spacial score (nSPS) is 12.7. The SMILES string of the molecule is Cc1cc(C(F)F)nn1C(C)C(=O)NCc1nccn1C. The number of halogens is 2. The van der Waals surface area contributed by atoms with Crippen molar-refractivity contribution in [3.63, 3.8) is 0 Å². The third kappa shape index (κ3) is 3.26. The summed E-state index contributed by atoms with van der Waals surface area (Å²) in [5.41, 5.74) is 0.196. The van der Waals surface area contributed by atoms with E-state index >= 15 is 0 Å². The summed E-state index contributed by atoms with van der Waals surface area (Å²) < 4.78 is 28.3. The van der Waals surface area contributed by atoms with Gasteiger partial charge in [0.05, 0.1) is 6.54 Å². The smallest absolute Gasteiger partial charge is 0.282 e. The Morgan fingerprint density at radius 2 is 2.19 bits per heavy atom. The first kappa shape index (κ1) is 15.1. The molecule has 0 aromatic carbocycles. The number of imidazole rings is 1. The van der Waals surface area contributed by atoms with Gasteiger partial charge >= 0.3 is 0 Å². The largest absolute Gasteiger partial charge is 0.347 e. The topological polar surface area (TPSA) is 64.7 Å². The summed E-state index contributed by atoms with van der Waals surface area (Å²) in [4.78, 5) is 16.2. The van der Waals surface area contributed by atoms with Crippen LogP contribution in [0.3, 0.4) is 0 Å². The summed E-state index contributed by atoms with van der Waals surface area (Å²) in [7, 11) is 1.82. The van der Waals surface area contributed by atoms with Gasteiger partial charge in [-0.15, -0.1) is 0 Å². The molecule has 0 radical (unpaired) electrons. The molecule has 114 valence electrons. The van der Waals surface area contributed by atoms with Crippen molar-refractivity contribution in [2.75, 3.05) is 0 Å². The second-order valence-corrected chi connectivity index (χ2v) is 4.80. The Bertz CT molecular complexity index is 634. The summed E-state index contributed by atoms with van der Waals surface area (Å²) in [5, 5.41) is 6.50. The highest BCUT2D eigenvalue weighted by Crippen LogP contribution is 2.20. The summed E-state index contributed by atoms with van der Waals surface area (Å²) in [6, 6.07) is 0.616. The Hall–Kier alpha value is -2.25. The molecule has 2 aromatic heterocycles. The Labute approximate surface area is 120 Å². The third-order valence-electron chi connectivity index (χ3n) is 3.25. The molecule has 0 saturated heterocycles. The van der Waals surface area contributed by atoms with Crippen LogP contribution in [0.1, 0.15) is 36.6 Å². The number of aryl methyl sites for hydroxylation is 2. The van der Waals surface area contributed by atoms with Crippen LogP contribution in [0.25, 0.3) is 0 Å². The summed E-state index contributed by atoms with van der Waals surface area (Å²) in [5.74, 6) is 0.408. The Balaban J connectivity index is 2.04. The molecule has 2 heterocycles. The standard InChI is InChI=1S/C13H17F2N5O/c1-8-6-10(12(14)15)18-20(8)9(2)13(21)17-7-11-16-4-5-19(11)3/h4-6,9,12H,7H2,1-3H3,(H,17,21). The maximum Gasteiger partial charge on any atom is 0.282 e. The van der Waals surface area contributed by atoms with Crippen LogP contribution in [0.2, 0.25) is 0 Å². The van der Waals surface area contributed by atoms with E-state index in [1.165, 1.54) is 10.7 Å². The quantitative estimate of drug-likeness (QED) is 0.914. The molecule has 2 rings (SSSR count). The average molecular weight is 297 g/mol. The van der Waals surface area contributed by atoms with Crippen LogP contribution in [0.4, 0.5) is 8.78 Å². The molecule has 6 nitrogen and oxygen atoms in total. The highest BCUT2D eigenvalue weighted by atomic mass is 19.3. The van der Waals surface area contributed by atoms with Crippen molar-refractivity contribution in [2.24, 2.45) is 7.05 Å². The number of hydrogen-bond acceptors (Lipinski definition) is 3. The van der Waals surface area contributed by atoms with E-state index in [4.69, 9.17) is 0 Å². The summed E-state index contributed by atoms with van der Waals surface area (Å²) in [6.45, 7) is 3.53. The third-order valence-corrected chi connectivity index (χ3v) is 3.25. The number of amides is 1. The van der Waals surface area contributed by atoms with Crippen LogP contribution < -0.4 is 5.32 Å². The van der Waals surface area contributed by atoms with Crippen molar-refractivity contribution in [1.29, 1.82) is 0 Å². The predicted octanol–water partition coefficient (Wildman–Crippen LogP) is 1.74. The van der Waals surface area contributed by atoms with Crippen LogP contribution in [0.15, 0.2) is 18.5 Å². The molecule has 2 aromatic rings. The molecule has 0 saturated carbocycles. The van der Waals surface area contributed by atoms with Crippen molar-refractivity contribution < 1.29 is 13.6 Å². The van der Waals surface area contributed by atoms with Crippen LogP contribution in [-0.2, 0) is 18.4 Å². The summed E-state index contributed by atoms with van der Waals surface area (Å²) >= 11 is 0. The number of hydrogen-bond donors (Lipinski definition) is 1. The maximum absolute atomic E-state index is 12.6. The van der Waals surface area contributed by atoms with Crippen molar-refractivity contribution in [2.45, 2.75) is 32.9 Å². The Morgan fingerprint density at radius 1 is 1.48 bits per heavy atom. The lowest BCUT2D eigenvalue weighted by Gasteiger charge is -2.14. The maximum atomic E-state index is 12.6. The number of rotatable bonds is 5. The zero-order chi connectivity index (χ0) is 15.6. The summed E-state index contributed by atoms with van der Waals surface area (Å²) in [6.07, 6.45) is 0.766. The van der Waals surface area contributed by atoms with Crippen LogP contribution in [0.5, 0.6) is 0 Å². The molecule has 0 aliphatic carbocycles. The predicted molar refractivity (Wildman–Crippen MR) is 71.7 cm³/mol. The number of nitrogens with zero attached hydrogens (tertiary/aromatic N) is 4. The van der Waals surface area contributed by atoms with E-state index in [9.17, 15) is 13.6 Å². The van der Waals surface area contributed by atoms with E-state index < -0.39 is 12.5 Å². The van der Waals surface area contributed by atoms with Gasteiger partial charge < -0.3 is 9.88 Å². The lowest BCUT2D eigenvalue weighted by atomic mass is 10.3. The number of carbonyl (C=O) groups excluding carboxylic acids is 1. The molecule has 0 aliphatic rings. The van der Waals surface area contributed by atoms with Gasteiger partial charge in [-0.05, 0) is 19.9 Å². The van der Waals surface area contributed by atoms with Gasteiger partial charge in [0.1, 0.15) is 17.6 Å². The van der Waals surface area contributed by atoms with E-state index in [0.717, 1.165) is 0 Å². The van der Waals surface area contributed by atoms with Gasteiger partial charge in [-0.1, -0.05) is 0 Å². The van der Waals surface area contributed by atoms with Gasteiger partial charge in [0.2, 0.25) is 5.91 Å². The van der Waals surface area contributed by atoms with Crippen LogP contribution in [0, 0.1) is 6.92 Å². The fraction of sp³-hybridized carbons (Fsp3) is 0.462. The fourth-order valence-corrected chi connectivity index (χ4v) is 2.00. The zero-order valence-electron chi connectivity index (χ0n) is 12.0. The molecular weight excluding hydrogens is 280 g/mol. The van der Waals surface area contributed by atoms with E-state index in [1.54, 1.807) is 30.8 Å². The van der Waals surface area contributed by atoms with Crippen molar-refractivity contribution in [3.05, 3.63) is 35.7 Å². The minimum atomic E-state index is -2.65. The molecule has 0 spiro atoms. The molecule has 21 heavy (non-hydrogen) atoms. The average Bonchev–Trinajstić information content (AvgIpc) is 3.01. The molecule has 1 unspecified atom stereocenters. The zero-order valence-corrected chi connectivity index (χ0v) is 12.0. The highest BCUT2D eigenvalue weighted by molar-refractivity contribution is 5.79. The second kappa shape index (κ2) is 6.02. The van der Waals surface area contributed by atoms with Crippen molar-refractivity contribution >= 4 is 5.91 Å². The lowest BCUT2D eigenvalue weighted by molar-refractivity contribution is -0.124. The van der Waals surface area contributed by atoms with E-state index in [1.807, 2.05) is 7.05 Å². The van der Waals surface area contributed by atoms with Crippen LogP contribution >= 0.6 is 0 Å². The molecule has 8 heteroatoms. The van der Waals surface area contributed by atoms with E-state index in [2.05, 4.69) is 15.4 Å². The Morgan fingerprint density at radius 3 is 2.71 bits per heavy atom. The first-order valence-corrected chi connectivity index (χ1v) is 6.48. The lowest BCUT2D eigenvalue weighted by Crippen LogP contribution is -2.32. The highest BCUT2D eigenvalue weighted by Gasteiger charge is 2.21. The first-order chi connectivity index (χ1) is 9.90. The minimum Gasteiger partial charge on any atom is -0.347 e. The monoisotopic (exact) mass is 297 g/mol. The van der Waals surface area contributed by atoms with Gasteiger partial charge in [-0.25, -0.2) is 13.8 Å². The van der Waals surface area contributed by atoms with Crippen molar-refractivity contribution in [3.8, 4) is 0 Å². The van der Waals surface area contributed by atoms with Crippen molar-refractivity contribution in [1.82, 2.24) is 24.6 Å². The van der Waals surface area contributed by atoms with Gasteiger partial charge in [-0.2, -0.15) is 5.10 Å². The Kier molecular flexibility index (Phi) is 4.35. The molecule has 0 bridgehead atoms. The first-order valence-electron chi connectivity index (χ1n) is 6.48. The van der Waals surface area contributed by atoms with Gasteiger partial charge in [-0.3, -0.25) is 9.48 Å². The number of nitrogens with one attached hydrogen (secondary N) is 1. The fourth-order valence-electron chi connectivity index (χ4n) is 2.00. The number of carbonyl (C=O) groups is 1. The van der Waals surface area contributed by atoms with Gasteiger partial charge in [0, 0.05) is 25.1 Å². The van der Waals surface area contributed by atoms with Crippen LogP contribution in [-0.4, -0.2) is 25.2 Å². The van der Waals surface area contributed by atoms with E-state index in [-0.39, 0.29) is 18.1 Å². The number of aromatic nitrogens is 4. The molecule has 1 amide bonds. The molecule has 0 aliphatic heterocycles. The minimum absolute atomic E-state index is 0.273. The number of alkyl halides is 2. The molecule has 1 atom stereocenters. The second-order valence-electron chi connectivity index (χ2n) is 4.80. The molecular formula is C13H17F2N5O. The molecule has 0 fully saturated rings. The van der Waals surface area contributed by atoms with E-state index in [0.29, 0.717) is 11.5 Å². The van der Waals surface area contributed by atoms with Gasteiger partial charge in [0.15, 0.2) is 0 Å². The molecule has 1 N–H and O–H groups in total.